The third-order valence-corrected chi connectivity index (χ3v) is 3.61. The molecule has 2 aromatic rings. The molecule has 0 unspecified atom stereocenters. The van der Waals surface area contributed by atoms with E-state index in [1.807, 2.05) is 25.1 Å². The Hall–Kier alpha value is -3.02. The number of nitrogens with one attached hydrogen (secondary N) is 1. The molecule has 0 saturated heterocycles. The van der Waals surface area contributed by atoms with Gasteiger partial charge in [-0.2, -0.15) is 0 Å². The van der Waals surface area contributed by atoms with Crippen molar-refractivity contribution in [2.45, 2.75) is 13.3 Å². The standard InChI is InChI=1S/C19H21NO5/c1-13-4-3-5-16(10-13)25-12-18(21)20-9-8-14-6-7-15(19(22)23)11-17(14)24-2/h3-7,10-11H,8-9,12H2,1-2H3,(H,20,21)(H,22,23). The summed E-state index contributed by atoms with van der Waals surface area (Å²) in [7, 11) is 1.48. The van der Waals surface area contributed by atoms with Crippen LogP contribution in [0.1, 0.15) is 21.5 Å². The zero-order chi connectivity index (χ0) is 18.2. The van der Waals surface area contributed by atoms with Crippen LogP contribution in [-0.2, 0) is 11.2 Å². The Kier molecular flexibility index (Phi) is 6.39. The number of hydrogen-bond acceptors (Lipinski definition) is 4. The van der Waals surface area contributed by atoms with Crippen LogP contribution in [-0.4, -0.2) is 37.2 Å². The summed E-state index contributed by atoms with van der Waals surface area (Å²) >= 11 is 0. The summed E-state index contributed by atoms with van der Waals surface area (Å²) in [4.78, 5) is 22.8. The number of aryl methyl sites for hydroxylation is 1. The first kappa shape index (κ1) is 18.3. The second kappa shape index (κ2) is 8.73. The predicted octanol–water partition coefficient (Wildman–Crippen LogP) is 2.44. The van der Waals surface area contributed by atoms with Crippen molar-refractivity contribution in [1.29, 1.82) is 0 Å². The van der Waals surface area contributed by atoms with E-state index in [2.05, 4.69) is 5.32 Å². The van der Waals surface area contributed by atoms with Crippen LogP contribution in [0, 0.1) is 6.92 Å². The molecule has 0 aromatic heterocycles. The fourth-order valence-corrected chi connectivity index (χ4v) is 2.33. The predicted molar refractivity (Wildman–Crippen MR) is 93.3 cm³/mol. The molecule has 0 spiro atoms. The fourth-order valence-electron chi connectivity index (χ4n) is 2.33. The van der Waals surface area contributed by atoms with Crippen molar-refractivity contribution in [3.8, 4) is 11.5 Å². The molecule has 1 amide bonds. The number of carboxylic acids is 1. The van der Waals surface area contributed by atoms with E-state index >= 15 is 0 Å². The molecular formula is C19H21NO5. The molecule has 0 atom stereocenters. The molecule has 0 saturated carbocycles. The second-order valence-corrected chi connectivity index (χ2v) is 5.54. The molecule has 6 heteroatoms. The highest BCUT2D eigenvalue weighted by Crippen LogP contribution is 2.20. The first-order valence-electron chi connectivity index (χ1n) is 7.86. The monoisotopic (exact) mass is 343 g/mol. The molecule has 2 N–H and O–H groups in total. The number of methoxy groups -OCH3 is 1. The topological polar surface area (TPSA) is 84.9 Å². The molecule has 2 rings (SSSR count). The van der Waals surface area contributed by atoms with Gasteiger partial charge in [-0.05, 0) is 48.7 Å². The van der Waals surface area contributed by atoms with E-state index < -0.39 is 5.97 Å². The quantitative estimate of drug-likeness (QED) is 0.769. The van der Waals surface area contributed by atoms with Crippen LogP contribution in [0.5, 0.6) is 11.5 Å². The first-order valence-corrected chi connectivity index (χ1v) is 7.86. The number of carbonyl (C=O) groups is 2. The third-order valence-electron chi connectivity index (χ3n) is 3.61. The Balaban J connectivity index is 1.81. The zero-order valence-corrected chi connectivity index (χ0v) is 14.2. The molecular weight excluding hydrogens is 322 g/mol. The second-order valence-electron chi connectivity index (χ2n) is 5.54. The molecule has 25 heavy (non-hydrogen) atoms. The maximum absolute atomic E-state index is 11.8. The number of aromatic carboxylic acids is 1. The molecule has 0 radical (unpaired) electrons. The van der Waals surface area contributed by atoms with Crippen LogP contribution in [0.25, 0.3) is 0 Å². The smallest absolute Gasteiger partial charge is 0.335 e. The largest absolute Gasteiger partial charge is 0.496 e. The summed E-state index contributed by atoms with van der Waals surface area (Å²) in [5.74, 6) is -0.0830. The normalized spacial score (nSPS) is 10.2. The van der Waals surface area contributed by atoms with Gasteiger partial charge in [-0.3, -0.25) is 4.79 Å². The molecule has 2 aromatic carbocycles. The van der Waals surface area contributed by atoms with E-state index in [1.165, 1.54) is 19.2 Å². The van der Waals surface area contributed by atoms with Crippen molar-refractivity contribution in [1.82, 2.24) is 5.32 Å². The summed E-state index contributed by atoms with van der Waals surface area (Å²) in [5, 5.41) is 11.8. The highest BCUT2D eigenvalue weighted by Gasteiger charge is 2.09. The maximum atomic E-state index is 11.8. The summed E-state index contributed by atoms with van der Waals surface area (Å²) in [6, 6.07) is 12.2. The molecule has 0 bridgehead atoms. The summed E-state index contributed by atoms with van der Waals surface area (Å²) in [6.07, 6.45) is 0.527. The number of hydrogen-bond donors (Lipinski definition) is 2. The Labute approximate surface area is 146 Å². The number of benzene rings is 2. The summed E-state index contributed by atoms with van der Waals surface area (Å²) in [5.41, 5.74) is 2.05. The fraction of sp³-hybridized carbons (Fsp3) is 0.263. The molecule has 0 aliphatic carbocycles. The SMILES string of the molecule is COc1cc(C(=O)O)ccc1CCNC(=O)COc1cccc(C)c1. The lowest BCUT2D eigenvalue weighted by molar-refractivity contribution is -0.123. The van der Waals surface area contributed by atoms with E-state index in [9.17, 15) is 9.59 Å². The van der Waals surface area contributed by atoms with Gasteiger partial charge < -0.3 is 19.9 Å². The molecule has 6 nitrogen and oxygen atoms in total. The van der Waals surface area contributed by atoms with Gasteiger partial charge in [-0.25, -0.2) is 4.79 Å². The number of amides is 1. The Morgan fingerprint density at radius 3 is 2.64 bits per heavy atom. The third kappa shape index (κ3) is 5.53. The van der Waals surface area contributed by atoms with Crippen LogP contribution in [0.2, 0.25) is 0 Å². The molecule has 132 valence electrons. The van der Waals surface area contributed by atoms with Crippen molar-refractivity contribution in [3.05, 3.63) is 59.2 Å². The molecule has 0 aliphatic heterocycles. The average molecular weight is 343 g/mol. The van der Waals surface area contributed by atoms with Gasteiger partial charge in [-0.1, -0.05) is 18.2 Å². The molecule has 0 fully saturated rings. The van der Waals surface area contributed by atoms with Gasteiger partial charge in [0.2, 0.25) is 0 Å². The Bertz CT molecular complexity index is 757. The lowest BCUT2D eigenvalue weighted by Crippen LogP contribution is -2.30. The van der Waals surface area contributed by atoms with E-state index in [-0.39, 0.29) is 18.1 Å². The van der Waals surface area contributed by atoms with Crippen LogP contribution in [0.3, 0.4) is 0 Å². The maximum Gasteiger partial charge on any atom is 0.335 e. The number of carbonyl (C=O) groups excluding carboxylic acids is 1. The van der Waals surface area contributed by atoms with Gasteiger partial charge in [0.05, 0.1) is 12.7 Å². The summed E-state index contributed by atoms with van der Waals surface area (Å²) in [6.45, 7) is 2.30. The minimum atomic E-state index is -1.01. The van der Waals surface area contributed by atoms with Gasteiger partial charge in [0, 0.05) is 6.54 Å². The van der Waals surface area contributed by atoms with Gasteiger partial charge in [0.1, 0.15) is 11.5 Å². The number of ether oxygens (including phenoxy) is 2. The van der Waals surface area contributed by atoms with Gasteiger partial charge >= 0.3 is 5.97 Å². The number of rotatable bonds is 8. The summed E-state index contributed by atoms with van der Waals surface area (Å²) < 4.78 is 10.6. The van der Waals surface area contributed by atoms with Crippen molar-refractivity contribution < 1.29 is 24.2 Å². The minimum absolute atomic E-state index is 0.0570. The highest BCUT2D eigenvalue weighted by molar-refractivity contribution is 5.88. The van der Waals surface area contributed by atoms with Crippen LogP contribution in [0.15, 0.2) is 42.5 Å². The minimum Gasteiger partial charge on any atom is -0.496 e. The lowest BCUT2D eigenvalue weighted by atomic mass is 10.1. The van der Waals surface area contributed by atoms with Crippen molar-refractivity contribution in [2.75, 3.05) is 20.3 Å². The van der Waals surface area contributed by atoms with Crippen LogP contribution < -0.4 is 14.8 Å². The molecule has 0 heterocycles. The van der Waals surface area contributed by atoms with Crippen molar-refractivity contribution in [3.63, 3.8) is 0 Å². The van der Waals surface area contributed by atoms with E-state index in [4.69, 9.17) is 14.6 Å². The van der Waals surface area contributed by atoms with Gasteiger partial charge in [0.25, 0.3) is 5.91 Å². The van der Waals surface area contributed by atoms with Crippen LogP contribution in [0.4, 0.5) is 0 Å². The van der Waals surface area contributed by atoms with E-state index in [0.29, 0.717) is 24.5 Å². The molecule has 0 aliphatic rings. The average Bonchev–Trinajstić information content (AvgIpc) is 2.60. The van der Waals surface area contributed by atoms with Crippen LogP contribution >= 0.6 is 0 Å². The van der Waals surface area contributed by atoms with E-state index in [1.54, 1.807) is 12.1 Å². The zero-order valence-electron chi connectivity index (χ0n) is 14.2. The first-order chi connectivity index (χ1) is 12.0. The van der Waals surface area contributed by atoms with Gasteiger partial charge in [-0.15, -0.1) is 0 Å². The number of carboxylic acid groups (broad SMARTS) is 1. The van der Waals surface area contributed by atoms with E-state index in [0.717, 1.165) is 11.1 Å². The lowest BCUT2D eigenvalue weighted by Gasteiger charge is -2.11. The van der Waals surface area contributed by atoms with Crippen molar-refractivity contribution in [2.24, 2.45) is 0 Å². The van der Waals surface area contributed by atoms with Crippen molar-refractivity contribution >= 4 is 11.9 Å². The van der Waals surface area contributed by atoms with Gasteiger partial charge in [0.15, 0.2) is 6.61 Å². The highest BCUT2D eigenvalue weighted by atomic mass is 16.5. The Morgan fingerprint density at radius 1 is 1.16 bits per heavy atom. The Morgan fingerprint density at radius 2 is 1.96 bits per heavy atom.